The first-order chi connectivity index (χ1) is 13.8. The van der Waals surface area contributed by atoms with Gasteiger partial charge in [-0.2, -0.15) is 0 Å². The van der Waals surface area contributed by atoms with Crippen LogP contribution in [0.5, 0.6) is 0 Å². The molecule has 0 aliphatic heterocycles. The highest BCUT2D eigenvalue weighted by molar-refractivity contribution is 6.35. The predicted molar refractivity (Wildman–Crippen MR) is 130 cm³/mol. The molecule has 0 nitrogen and oxygen atoms in total. The van der Waals surface area contributed by atoms with Gasteiger partial charge in [-0.15, -0.1) is 0 Å². The molecule has 0 amide bonds. The number of allylic oxidation sites excluding steroid dienone is 2. The van der Waals surface area contributed by atoms with Crippen LogP contribution in [0.3, 0.4) is 0 Å². The Morgan fingerprint density at radius 2 is 1.79 bits per heavy atom. The third-order valence-electron chi connectivity index (χ3n) is 11.0. The maximum absolute atomic E-state index is 2.77. The van der Waals surface area contributed by atoms with E-state index in [1.165, 1.54) is 77.9 Å². The van der Waals surface area contributed by atoms with Gasteiger partial charge in [0.15, 0.2) is 0 Å². The van der Waals surface area contributed by atoms with Crippen molar-refractivity contribution in [3.8, 4) is 0 Å². The first kappa shape index (κ1) is 22.0. The van der Waals surface area contributed by atoms with Crippen LogP contribution in [0.4, 0.5) is 0 Å². The van der Waals surface area contributed by atoms with E-state index in [0.29, 0.717) is 10.8 Å². The lowest BCUT2D eigenvalue weighted by atomic mass is 9.44. The molecule has 0 bridgehead atoms. The van der Waals surface area contributed by atoms with Crippen LogP contribution in [-0.4, -0.2) is 7.28 Å². The summed E-state index contributed by atoms with van der Waals surface area (Å²) in [5.41, 5.74) is 3.08. The van der Waals surface area contributed by atoms with Gasteiger partial charge in [0.05, 0.1) is 0 Å². The molecule has 0 saturated heterocycles. The van der Waals surface area contributed by atoms with Gasteiger partial charge < -0.3 is 0 Å². The Hall–Kier alpha value is -0.195. The number of fused-ring (bicyclic) bond motifs is 5. The summed E-state index contributed by atoms with van der Waals surface area (Å²) in [6, 6.07) is 0. The van der Waals surface area contributed by atoms with E-state index in [2.05, 4.69) is 47.5 Å². The second-order valence-electron chi connectivity index (χ2n) is 12.8. The maximum Gasteiger partial charge on any atom is 0.121 e. The first-order valence-corrected chi connectivity index (χ1v) is 13.5. The molecule has 4 rings (SSSR count). The Bertz CT molecular complexity index is 605. The summed E-state index contributed by atoms with van der Waals surface area (Å²) in [5, 5.41) is 0. The van der Waals surface area contributed by atoms with Gasteiger partial charge in [-0.05, 0) is 91.3 Å². The van der Waals surface area contributed by atoms with Crippen molar-refractivity contribution in [3.05, 3.63) is 11.6 Å². The third-order valence-corrected chi connectivity index (χ3v) is 11.0. The smallest absolute Gasteiger partial charge is 0.0891 e. The minimum atomic E-state index is 0.552. The minimum Gasteiger partial charge on any atom is -0.0891 e. The van der Waals surface area contributed by atoms with E-state index in [1.807, 2.05) is 5.57 Å². The van der Waals surface area contributed by atoms with Crippen LogP contribution >= 0.6 is 0 Å². The van der Waals surface area contributed by atoms with E-state index in [4.69, 9.17) is 0 Å². The minimum absolute atomic E-state index is 0.552. The van der Waals surface area contributed by atoms with Crippen molar-refractivity contribution in [2.45, 2.75) is 118 Å². The van der Waals surface area contributed by atoms with Crippen molar-refractivity contribution in [2.24, 2.45) is 46.3 Å². The molecular weight excluding hydrogens is 347 g/mol. The predicted octanol–water partition coefficient (Wildman–Crippen LogP) is 8.30. The fourth-order valence-corrected chi connectivity index (χ4v) is 9.11. The van der Waals surface area contributed by atoms with Crippen molar-refractivity contribution < 1.29 is 0 Å². The Labute approximate surface area is 183 Å². The number of rotatable bonds is 6. The Balaban J connectivity index is 1.48. The molecule has 29 heavy (non-hydrogen) atoms. The molecule has 8 atom stereocenters. The topological polar surface area (TPSA) is 0 Å². The van der Waals surface area contributed by atoms with Crippen molar-refractivity contribution in [3.63, 3.8) is 0 Å². The number of hydrogen-bond donors (Lipinski definition) is 0. The second kappa shape index (κ2) is 8.39. The average molecular weight is 397 g/mol. The summed E-state index contributed by atoms with van der Waals surface area (Å²) in [6.45, 7) is 15.2. The van der Waals surface area contributed by atoms with E-state index in [0.717, 1.165) is 41.3 Å². The molecular formula is C28H49B. The monoisotopic (exact) mass is 396 g/mol. The SMILES string of the molecule is CBC1CC[C@@]2(C)C(=CC[C@@H]3[C@@H]2CC[C@]2(C)C([C@H](C)CCCC(C)C)CC[C@@H]32)C1. The molecule has 0 aromatic rings. The molecule has 0 aromatic heterocycles. The van der Waals surface area contributed by atoms with Gasteiger partial charge >= 0.3 is 0 Å². The molecule has 1 heteroatoms. The summed E-state index contributed by atoms with van der Waals surface area (Å²) in [4.78, 5) is 0. The molecule has 3 saturated carbocycles. The molecule has 4 aliphatic rings. The summed E-state index contributed by atoms with van der Waals surface area (Å²) in [6.07, 6.45) is 19.0. The molecule has 0 heterocycles. The lowest BCUT2D eigenvalue weighted by Crippen LogP contribution is -2.50. The molecule has 164 valence electrons. The summed E-state index contributed by atoms with van der Waals surface area (Å²) < 4.78 is 0. The van der Waals surface area contributed by atoms with Crippen molar-refractivity contribution >= 4 is 7.28 Å². The van der Waals surface area contributed by atoms with Crippen molar-refractivity contribution in [1.82, 2.24) is 0 Å². The number of hydrogen-bond acceptors (Lipinski definition) is 0. The normalized spacial score (nSPS) is 45.2. The van der Waals surface area contributed by atoms with Crippen LogP contribution in [0.2, 0.25) is 12.6 Å². The van der Waals surface area contributed by atoms with E-state index in [9.17, 15) is 0 Å². The van der Waals surface area contributed by atoms with Gasteiger partial charge in [-0.1, -0.05) is 84.6 Å². The molecule has 0 radical (unpaired) electrons. The molecule has 3 fully saturated rings. The molecule has 4 aliphatic carbocycles. The van der Waals surface area contributed by atoms with Crippen LogP contribution in [0.25, 0.3) is 0 Å². The highest BCUT2D eigenvalue weighted by atomic mass is 14.6. The van der Waals surface area contributed by atoms with Gasteiger partial charge in [0.25, 0.3) is 0 Å². The van der Waals surface area contributed by atoms with E-state index >= 15 is 0 Å². The molecule has 0 aromatic carbocycles. The zero-order valence-corrected chi connectivity index (χ0v) is 20.6. The Morgan fingerprint density at radius 1 is 1.00 bits per heavy atom. The third kappa shape index (κ3) is 3.80. The fraction of sp³-hybridized carbons (Fsp3) is 0.929. The van der Waals surface area contributed by atoms with Gasteiger partial charge in [0, 0.05) is 0 Å². The Kier molecular flexibility index (Phi) is 6.37. The zero-order valence-electron chi connectivity index (χ0n) is 20.6. The lowest BCUT2D eigenvalue weighted by molar-refractivity contribution is -0.0500. The van der Waals surface area contributed by atoms with Crippen molar-refractivity contribution in [1.29, 1.82) is 0 Å². The van der Waals surface area contributed by atoms with E-state index < -0.39 is 0 Å². The van der Waals surface area contributed by atoms with E-state index in [1.54, 1.807) is 0 Å². The van der Waals surface area contributed by atoms with E-state index in [-0.39, 0.29) is 0 Å². The van der Waals surface area contributed by atoms with Crippen molar-refractivity contribution in [2.75, 3.05) is 0 Å². The largest absolute Gasteiger partial charge is 0.121 e. The molecule has 0 N–H and O–H groups in total. The molecule has 0 spiro atoms. The van der Waals surface area contributed by atoms with Gasteiger partial charge in [-0.3, -0.25) is 0 Å². The Morgan fingerprint density at radius 3 is 2.52 bits per heavy atom. The van der Waals surface area contributed by atoms with Crippen LogP contribution in [0.1, 0.15) is 105 Å². The van der Waals surface area contributed by atoms with Gasteiger partial charge in [0.2, 0.25) is 0 Å². The summed E-state index contributed by atoms with van der Waals surface area (Å²) in [7, 11) is 1.39. The van der Waals surface area contributed by atoms with Crippen LogP contribution in [0.15, 0.2) is 11.6 Å². The first-order valence-electron chi connectivity index (χ1n) is 13.5. The van der Waals surface area contributed by atoms with Gasteiger partial charge in [0.1, 0.15) is 7.28 Å². The highest BCUT2D eigenvalue weighted by Gasteiger charge is 2.58. The highest BCUT2D eigenvalue weighted by Crippen LogP contribution is 2.67. The molecule has 2 unspecified atom stereocenters. The maximum atomic E-state index is 2.77. The fourth-order valence-electron chi connectivity index (χ4n) is 9.11. The quantitative estimate of drug-likeness (QED) is 0.313. The summed E-state index contributed by atoms with van der Waals surface area (Å²) >= 11 is 0. The van der Waals surface area contributed by atoms with Crippen LogP contribution in [-0.2, 0) is 0 Å². The average Bonchev–Trinajstić information content (AvgIpc) is 3.04. The van der Waals surface area contributed by atoms with Crippen LogP contribution in [0, 0.1) is 46.3 Å². The lowest BCUT2D eigenvalue weighted by Gasteiger charge is -2.58. The zero-order chi connectivity index (χ0) is 20.8. The standard InChI is InChI=1S/C28H49B/c1-19(2)8-7-9-20(3)24-12-13-25-23-11-10-21-18-22(29-6)14-16-27(21,4)26(23)15-17-28(24,25)5/h10,19-20,22-26,29H,7-9,11-18H2,1-6H3/t20-,22?,23+,24?,25+,26+,27+,28-/m1/s1. The second-order valence-corrected chi connectivity index (χ2v) is 12.8. The van der Waals surface area contributed by atoms with Crippen LogP contribution < -0.4 is 0 Å². The van der Waals surface area contributed by atoms with Gasteiger partial charge in [-0.25, -0.2) is 0 Å². The summed E-state index contributed by atoms with van der Waals surface area (Å²) in [5.74, 6) is 6.78.